The van der Waals surface area contributed by atoms with E-state index in [1.165, 1.54) is 18.7 Å². The van der Waals surface area contributed by atoms with Gasteiger partial charge in [0.2, 0.25) is 5.44 Å². The van der Waals surface area contributed by atoms with E-state index in [1.54, 1.807) is 6.92 Å². The van der Waals surface area contributed by atoms with Crippen LogP contribution < -0.4 is 0 Å². The van der Waals surface area contributed by atoms with E-state index in [9.17, 15) is 9.59 Å². The fourth-order valence-electron chi connectivity index (χ4n) is 1.10. The Kier molecular flexibility index (Phi) is 5.05. The Bertz CT molecular complexity index is 362. The molecule has 16 heavy (non-hydrogen) atoms. The van der Waals surface area contributed by atoms with Crippen LogP contribution in [0.25, 0.3) is 0 Å². The molecule has 0 heterocycles. The van der Waals surface area contributed by atoms with Gasteiger partial charge in [-0.3, -0.25) is 9.59 Å². The first kappa shape index (κ1) is 12.8. The summed E-state index contributed by atoms with van der Waals surface area (Å²) >= 11 is 1.26. The number of hydrogen-bond acceptors (Lipinski definition) is 4. The summed E-state index contributed by atoms with van der Waals surface area (Å²) in [5, 5.41) is 0. The molecule has 0 amide bonds. The standard InChI is InChI=1S/C12H14O3S/c1-3-11(14)12(15-9(2)13)16-10-7-5-4-6-8-10/h4-8,12H,3H2,1-2H3. The van der Waals surface area contributed by atoms with Crippen molar-refractivity contribution in [2.75, 3.05) is 0 Å². The predicted octanol–water partition coefficient (Wildman–Crippen LogP) is 2.65. The van der Waals surface area contributed by atoms with Gasteiger partial charge in [0.1, 0.15) is 0 Å². The maximum atomic E-state index is 11.6. The molecule has 0 fully saturated rings. The fourth-order valence-corrected chi connectivity index (χ4v) is 2.14. The minimum absolute atomic E-state index is 0.0796. The van der Waals surface area contributed by atoms with Crippen LogP contribution in [0.4, 0.5) is 0 Å². The minimum Gasteiger partial charge on any atom is -0.443 e. The summed E-state index contributed by atoms with van der Waals surface area (Å²) in [4.78, 5) is 23.3. The summed E-state index contributed by atoms with van der Waals surface area (Å²) in [6, 6.07) is 9.41. The Balaban J connectivity index is 2.70. The van der Waals surface area contributed by atoms with Crippen molar-refractivity contribution in [1.82, 2.24) is 0 Å². The second-order valence-corrected chi connectivity index (χ2v) is 4.33. The van der Waals surface area contributed by atoms with Crippen LogP contribution in [-0.4, -0.2) is 17.2 Å². The van der Waals surface area contributed by atoms with Crippen molar-refractivity contribution in [3.8, 4) is 0 Å². The second-order valence-electron chi connectivity index (χ2n) is 3.19. The summed E-state index contributed by atoms with van der Waals surface area (Å²) in [5.74, 6) is -0.515. The van der Waals surface area contributed by atoms with Gasteiger partial charge in [0.15, 0.2) is 5.78 Å². The van der Waals surface area contributed by atoms with Gasteiger partial charge in [-0.1, -0.05) is 36.9 Å². The highest BCUT2D eigenvalue weighted by molar-refractivity contribution is 8.00. The van der Waals surface area contributed by atoms with E-state index in [0.717, 1.165) is 4.90 Å². The topological polar surface area (TPSA) is 43.4 Å². The number of thioether (sulfide) groups is 1. The van der Waals surface area contributed by atoms with Gasteiger partial charge in [-0.2, -0.15) is 0 Å². The van der Waals surface area contributed by atoms with Crippen molar-refractivity contribution >= 4 is 23.5 Å². The summed E-state index contributed by atoms with van der Waals surface area (Å²) < 4.78 is 4.98. The first-order chi connectivity index (χ1) is 7.63. The Morgan fingerprint density at radius 1 is 1.31 bits per heavy atom. The molecule has 0 aliphatic carbocycles. The van der Waals surface area contributed by atoms with E-state index in [2.05, 4.69) is 0 Å². The molecule has 0 spiro atoms. The van der Waals surface area contributed by atoms with Gasteiger partial charge >= 0.3 is 5.97 Å². The number of esters is 1. The van der Waals surface area contributed by atoms with E-state index in [-0.39, 0.29) is 5.78 Å². The highest BCUT2D eigenvalue weighted by Gasteiger charge is 2.20. The molecule has 1 aromatic rings. The number of ether oxygens (including phenoxy) is 1. The predicted molar refractivity (Wildman–Crippen MR) is 63.2 cm³/mol. The molecule has 0 bridgehead atoms. The molecule has 3 nitrogen and oxygen atoms in total. The number of rotatable bonds is 5. The quantitative estimate of drug-likeness (QED) is 0.449. The molecular formula is C12H14O3S. The number of carbonyl (C=O) groups excluding carboxylic acids is 2. The number of Topliss-reactive ketones (excluding diaryl/α,β-unsaturated/α-hetero) is 1. The third-order valence-corrected chi connectivity index (χ3v) is 2.99. The van der Waals surface area contributed by atoms with Gasteiger partial charge in [-0.05, 0) is 12.1 Å². The minimum atomic E-state index is -0.732. The van der Waals surface area contributed by atoms with Gasteiger partial charge in [0, 0.05) is 18.2 Å². The molecule has 0 N–H and O–H groups in total. The molecular weight excluding hydrogens is 224 g/mol. The van der Waals surface area contributed by atoms with Gasteiger partial charge in [0.25, 0.3) is 0 Å². The second kappa shape index (κ2) is 6.33. The van der Waals surface area contributed by atoms with Crippen LogP contribution in [-0.2, 0) is 14.3 Å². The molecule has 1 unspecified atom stereocenters. The average molecular weight is 238 g/mol. The number of ketones is 1. The lowest BCUT2D eigenvalue weighted by atomic mass is 10.3. The number of benzene rings is 1. The van der Waals surface area contributed by atoms with Gasteiger partial charge < -0.3 is 4.74 Å². The van der Waals surface area contributed by atoms with Crippen LogP contribution >= 0.6 is 11.8 Å². The molecule has 4 heteroatoms. The summed E-state index contributed by atoms with van der Waals surface area (Å²) in [6.45, 7) is 3.06. The van der Waals surface area contributed by atoms with E-state index in [4.69, 9.17) is 4.74 Å². The Morgan fingerprint density at radius 3 is 2.44 bits per heavy atom. The van der Waals surface area contributed by atoms with E-state index < -0.39 is 11.4 Å². The Hall–Kier alpha value is -1.29. The largest absolute Gasteiger partial charge is 0.443 e. The average Bonchev–Trinajstić information content (AvgIpc) is 2.28. The molecule has 1 rings (SSSR count). The zero-order valence-electron chi connectivity index (χ0n) is 9.30. The molecule has 0 saturated heterocycles. The normalized spacial score (nSPS) is 11.9. The zero-order chi connectivity index (χ0) is 12.0. The van der Waals surface area contributed by atoms with Crippen molar-refractivity contribution in [1.29, 1.82) is 0 Å². The van der Waals surface area contributed by atoms with Crippen molar-refractivity contribution in [2.45, 2.75) is 30.6 Å². The van der Waals surface area contributed by atoms with Crippen LogP contribution in [0.1, 0.15) is 20.3 Å². The van der Waals surface area contributed by atoms with Crippen molar-refractivity contribution < 1.29 is 14.3 Å². The third-order valence-electron chi connectivity index (χ3n) is 1.87. The van der Waals surface area contributed by atoms with E-state index >= 15 is 0 Å². The lowest BCUT2D eigenvalue weighted by Gasteiger charge is -2.14. The maximum absolute atomic E-state index is 11.6. The number of hydrogen-bond donors (Lipinski definition) is 0. The Labute approximate surface area is 99.2 Å². The SMILES string of the molecule is CCC(=O)C(OC(C)=O)Sc1ccccc1. The monoisotopic (exact) mass is 238 g/mol. The van der Waals surface area contributed by atoms with Crippen LogP contribution in [0.2, 0.25) is 0 Å². The lowest BCUT2D eigenvalue weighted by Crippen LogP contribution is -2.22. The highest BCUT2D eigenvalue weighted by atomic mass is 32.2. The smallest absolute Gasteiger partial charge is 0.304 e. The van der Waals surface area contributed by atoms with Gasteiger partial charge in [-0.15, -0.1) is 0 Å². The van der Waals surface area contributed by atoms with Gasteiger partial charge in [0.05, 0.1) is 0 Å². The molecule has 0 saturated carbocycles. The summed E-state index contributed by atoms with van der Waals surface area (Å²) in [7, 11) is 0. The molecule has 0 radical (unpaired) electrons. The van der Waals surface area contributed by atoms with E-state index in [1.807, 2.05) is 30.3 Å². The van der Waals surface area contributed by atoms with Crippen molar-refractivity contribution in [3.05, 3.63) is 30.3 Å². The Morgan fingerprint density at radius 2 is 1.94 bits per heavy atom. The molecule has 86 valence electrons. The lowest BCUT2D eigenvalue weighted by molar-refractivity contribution is -0.147. The maximum Gasteiger partial charge on any atom is 0.304 e. The first-order valence-electron chi connectivity index (χ1n) is 5.05. The van der Waals surface area contributed by atoms with E-state index in [0.29, 0.717) is 6.42 Å². The molecule has 1 atom stereocenters. The molecule has 0 aliphatic heterocycles. The van der Waals surface area contributed by atoms with Crippen LogP contribution in [0, 0.1) is 0 Å². The van der Waals surface area contributed by atoms with Crippen LogP contribution in [0.3, 0.4) is 0 Å². The summed E-state index contributed by atoms with van der Waals surface area (Å²) in [5.41, 5.74) is -0.732. The third kappa shape index (κ3) is 4.06. The zero-order valence-corrected chi connectivity index (χ0v) is 10.1. The molecule has 0 aliphatic rings. The van der Waals surface area contributed by atoms with Crippen molar-refractivity contribution in [3.63, 3.8) is 0 Å². The van der Waals surface area contributed by atoms with Crippen LogP contribution in [0.5, 0.6) is 0 Å². The van der Waals surface area contributed by atoms with Gasteiger partial charge in [-0.25, -0.2) is 0 Å². The molecule has 0 aromatic heterocycles. The van der Waals surface area contributed by atoms with Crippen molar-refractivity contribution in [2.24, 2.45) is 0 Å². The molecule has 1 aromatic carbocycles. The first-order valence-corrected chi connectivity index (χ1v) is 5.93. The number of carbonyl (C=O) groups is 2. The summed E-state index contributed by atoms with van der Waals surface area (Å²) in [6.07, 6.45) is 0.359. The fraction of sp³-hybridized carbons (Fsp3) is 0.333. The van der Waals surface area contributed by atoms with Crippen LogP contribution in [0.15, 0.2) is 35.2 Å². The highest BCUT2D eigenvalue weighted by Crippen LogP contribution is 2.25.